The molecule has 0 aromatic carbocycles. The van der Waals surface area contributed by atoms with Gasteiger partial charge in [-0.1, -0.05) is 22.6 Å². The Hall–Kier alpha value is 0.780. The molecule has 1 heterocycles. The highest BCUT2D eigenvalue weighted by atomic mass is 127. The summed E-state index contributed by atoms with van der Waals surface area (Å²) < 4.78 is 3.72. The van der Waals surface area contributed by atoms with E-state index < -0.39 is 0 Å². The standard InChI is InChI=1S/C4H6INS/c1-3-2-4(5)6-7-3/h2,4,6H,1H3/t4-/m0/s1. The Labute approximate surface area is 61.2 Å². The van der Waals surface area contributed by atoms with Crippen molar-refractivity contribution < 1.29 is 0 Å². The van der Waals surface area contributed by atoms with Gasteiger partial charge in [-0.05, 0) is 29.9 Å². The molecule has 0 aliphatic carbocycles. The van der Waals surface area contributed by atoms with E-state index in [-0.39, 0.29) is 0 Å². The Balaban J connectivity index is 2.50. The van der Waals surface area contributed by atoms with Crippen LogP contribution in [-0.4, -0.2) is 4.05 Å². The Morgan fingerprint density at radius 1 is 2.00 bits per heavy atom. The van der Waals surface area contributed by atoms with Gasteiger partial charge in [0.1, 0.15) is 0 Å². The SMILES string of the molecule is CC1=C[C@@H](I)NS1. The Morgan fingerprint density at radius 3 is 2.86 bits per heavy atom. The molecule has 0 saturated heterocycles. The van der Waals surface area contributed by atoms with Crippen LogP contribution in [0.4, 0.5) is 0 Å². The van der Waals surface area contributed by atoms with Crippen molar-refractivity contribution in [1.82, 2.24) is 4.72 Å². The average molecular weight is 227 g/mol. The van der Waals surface area contributed by atoms with E-state index in [1.54, 1.807) is 11.9 Å². The minimum Gasteiger partial charge on any atom is -0.244 e. The number of nitrogens with one attached hydrogen (secondary N) is 1. The van der Waals surface area contributed by atoms with Crippen LogP contribution in [0, 0.1) is 0 Å². The molecule has 0 bridgehead atoms. The number of rotatable bonds is 0. The van der Waals surface area contributed by atoms with Gasteiger partial charge in [-0.3, -0.25) is 0 Å². The van der Waals surface area contributed by atoms with Gasteiger partial charge in [0, 0.05) is 0 Å². The molecular weight excluding hydrogens is 221 g/mol. The van der Waals surface area contributed by atoms with Crippen molar-refractivity contribution in [3.63, 3.8) is 0 Å². The molecule has 40 valence electrons. The van der Waals surface area contributed by atoms with E-state index in [0.717, 1.165) is 0 Å². The lowest BCUT2D eigenvalue weighted by Crippen LogP contribution is -2.04. The van der Waals surface area contributed by atoms with Gasteiger partial charge in [-0.15, -0.1) is 0 Å². The minimum atomic E-state index is 0.544. The Bertz CT molecular complexity index is 102. The molecule has 0 aromatic rings. The molecule has 0 radical (unpaired) electrons. The summed E-state index contributed by atoms with van der Waals surface area (Å²) in [4.78, 5) is 1.37. The molecule has 0 spiro atoms. The van der Waals surface area contributed by atoms with Crippen LogP contribution in [-0.2, 0) is 0 Å². The zero-order valence-electron chi connectivity index (χ0n) is 3.94. The van der Waals surface area contributed by atoms with Crippen LogP contribution in [0.1, 0.15) is 6.92 Å². The van der Waals surface area contributed by atoms with Gasteiger partial charge in [-0.2, -0.15) is 0 Å². The maximum absolute atomic E-state index is 3.18. The summed E-state index contributed by atoms with van der Waals surface area (Å²) in [7, 11) is 0. The molecule has 1 nitrogen and oxygen atoms in total. The third-order valence-corrected chi connectivity index (χ3v) is 2.64. The van der Waals surface area contributed by atoms with Gasteiger partial charge >= 0.3 is 0 Å². The molecule has 0 aromatic heterocycles. The van der Waals surface area contributed by atoms with Crippen molar-refractivity contribution >= 4 is 34.5 Å². The lowest BCUT2D eigenvalue weighted by Gasteiger charge is -1.91. The quantitative estimate of drug-likeness (QED) is 0.293. The van der Waals surface area contributed by atoms with Crippen molar-refractivity contribution in [2.24, 2.45) is 0 Å². The molecule has 0 unspecified atom stereocenters. The van der Waals surface area contributed by atoms with E-state index >= 15 is 0 Å². The van der Waals surface area contributed by atoms with Crippen molar-refractivity contribution in [1.29, 1.82) is 0 Å². The van der Waals surface area contributed by atoms with Gasteiger partial charge in [-0.25, -0.2) is 4.72 Å². The number of hydrogen-bond donors (Lipinski definition) is 1. The second kappa shape index (κ2) is 2.37. The van der Waals surface area contributed by atoms with Crippen molar-refractivity contribution in [3.05, 3.63) is 11.0 Å². The monoisotopic (exact) mass is 227 g/mol. The van der Waals surface area contributed by atoms with E-state index in [1.807, 2.05) is 0 Å². The smallest absolute Gasteiger partial charge is 0.0884 e. The van der Waals surface area contributed by atoms with Crippen LogP contribution in [0.2, 0.25) is 0 Å². The fourth-order valence-electron chi connectivity index (χ4n) is 0.423. The van der Waals surface area contributed by atoms with E-state index in [1.165, 1.54) is 4.91 Å². The Kier molecular flexibility index (Phi) is 2.00. The highest BCUT2D eigenvalue weighted by Gasteiger charge is 2.06. The summed E-state index contributed by atoms with van der Waals surface area (Å²) in [6.07, 6.45) is 2.20. The fraction of sp³-hybridized carbons (Fsp3) is 0.500. The zero-order chi connectivity index (χ0) is 5.28. The van der Waals surface area contributed by atoms with Crippen LogP contribution >= 0.6 is 34.5 Å². The largest absolute Gasteiger partial charge is 0.244 e. The molecule has 1 rings (SSSR count). The second-order valence-electron chi connectivity index (χ2n) is 1.40. The van der Waals surface area contributed by atoms with Gasteiger partial charge in [0.15, 0.2) is 0 Å². The zero-order valence-corrected chi connectivity index (χ0v) is 6.91. The molecule has 1 aliphatic heterocycles. The number of hydrogen-bond acceptors (Lipinski definition) is 2. The van der Waals surface area contributed by atoms with Gasteiger partial charge in [0.2, 0.25) is 0 Å². The summed E-state index contributed by atoms with van der Waals surface area (Å²) >= 11 is 4.05. The van der Waals surface area contributed by atoms with Crippen LogP contribution < -0.4 is 4.72 Å². The summed E-state index contributed by atoms with van der Waals surface area (Å²) in [5.41, 5.74) is 0. The number of halogens is 1. The maximum atomic E-state index is 3.18. The van der Waals surface area contributed by atoms with Crippen LogP contribution in [0.3, 0.4) is 0 Å². The highest BCUT2D eigenvalue weighted by Crippen LogP contribution is 2.22. The van der Waals surface area contributed by atoms with E-state index in [0.29, 0.717) is 4.05 Å². The third-order valence-electron chi connectivity index (χ3n) is 0.714. The van der Waals surface area contributed by atoms with Crippen LogP contribution in [0.5, 0.6) is 0 Å². The first-order valence-corrected chi connectivity index (χ1v) is 4.10. The molecule has 0 amide bonds. The molecule has 0 fully saturated rings. The minimum absolute atomic E-state index is 0.544. The molecule has 1 aliphatic rings. The molecule has 1 atom stereocenters. The maximum Gasteiger partial charge on any atom is 0.0884 e. The summed E-state index contributed by atoms with van der Waals surface area (Å²) in [5, 5.41) is 0. The van der Waals surface area contributed by atoms with Crippen molar-refractivity contribution in [2.75, 3.05) is 0 Å². The first kappa shape index (κ1) is 5.91. The molecular formula is C4H6INS. The second-order valence-corrected chi connectivity index (χ2v) is 3.82. The third kappa shape index (κ3) is 1.62. The van der Waals surface area contributed by atoms with E-state index in [2.05, 4.69) is 40.3 Å². The number of alkyl halides is 1. The molecule has 3 heteroatoms. The predicted octanol–water partition coefficient (Wildman–Crippen LogP) is 1.90. The fourth-order valence-corrected chi connectivity index (χ4v) is 2.16. The lowest BCUT2D eigenvalue weighted by atomic mass is 10.5. The molecule has 7 heavy (non-hydrogen) atoms. The van der Waals surface area contributed by atoms with Gasteiger partial charge in [0.25, 0.3) is 0 Å². The normalized spacial score (nSPS) is 30.6. The van der Waals surface area contributed by atoms with Crippen LogP contribution in [0.25, 0.3) is 0 Å². The van der Waals surface area contributed by atoms with E-state index in [9.17, 15) is 0 Å². The number of allylic oxidation sites excluding steroid dienone is 1. The first-order valence-electron chi connectivity index (χ1n) is 2.04. The highest BCUT2D eigenvalue weighted by molar-refractivity contribution is 14.1. The van der Waals surface area contributed by atoms with Gasteiger partial charge in [0.05, 0.1) is 4.05 Å². The average Bonchev–Trinajstić information content (AvgIpc) is 1.87. The van der Waals surface area contributed by atoms with Crippen molar-refractivity contribution in [3.8, 4) is 0 Å². The van der Waals surface area contributed by atoms with Gasteiger partial charge < -0.3 is 0 Å². The van der Waals surface area contributed by atoms with Crippen molar-refractivity contribution in [2.45, 2.75) is 11.0 Å². The molecule has 0 saturated carbocycles. The summed E-state index contributed by atoms with van der Waals surface area (Å²) in [5.74, 6) is 0. The van der Waals surface area contributed by atoms with E-state index in [4.69, 9.17) is 0 Å². The molecule has 1 N–H and O–H groups in total. The van der Waals surface area contributed by atoms with Crippen LogP contribution in [0.15, 0.2) is 11.0 Å². The summed E-state index contributed by atoms with van der Waals surface area (Å²) in [6, 6.07) is 0. The topological polar surface area (TPSA) is 12.0 Å². The Morgan fingerprint density at radius 2 is 2.71 bits per heavy atom. The summed E-state index contributed by atoms with van der Waals surface area (Å²) in [6.45, 7) is 2.11. The predicted molar refractivity (Wildman–Crippen MR) is 42.3 cm³/mol. The lowest BCUT2D eigenvalue weighted by molar-refractivity contribution is 1.12. The first-order chi connectivity index (χ1) is 3.29.